The zero-order valence-electron chi connectivity index (χ0n) is 17.2. The topological polar surface area (TPSA) is 91.4 Å². The molecule has 1 unspecified atom stereocenters. The maximum absolute atomic E-state index is 13.4. The molecular formula is C22H28N4O3S. The molecule has 160 valence electrons. The number of carbonyl (C=O) groups is 1. The van der Waals surface area contributed by atoms with Gasteiger partial charge in [0.25, 0.3) is 0 Å². The predicted molar refractivity (Wildman–Crippen MR) is 117 cm³/mol. The molecule has 8 heteroatoms. The maximum Gasteiger partial charge on any atom is 0.231 e. The van der Waals surface area contributed by atoms with Crippen LogP contribution in [0.25, 0.3) is 0 Å². The normalized spacial score (nSPS) is 19.2. The molecule has 2 N–H and O–H groups in total. The molecule has 1 aliphatic carbocycles. The molecule has 0 bridgehead atoms. The Morgan fingerprint density at radius 2 is 1.97 bits per heavy atom. The SMILES string of the molecule is CS(=O)(=O)Nc1cccc(C2(C(=O)NC(CN3CCCC3)c3cccnc3)CC2)c1. The molecule has 0 radical (unpaired) electrons. The molecule has 2 aromatic rings. The summed E-state index contributed by atoms with van der Waals surface area (Å²) in [6.07, 6.45) is 8.57. The fraction of sp³-hybridized carbons (Fsp3) is 0.455. The van der Waals surface area contributed by atoms with E-state index in [9.17, 15) is 13.2 Å². The first kappa shape index (κ1) is 20.8. The van der Waals surface area contributed by atoms with Crippen LogP contribution in [-0.4, -0.2) is 50.1 Å². The average Bonchev–Trinajstić information content (AvgIpc) is 3.37. The van der Waals surface area contributed by atoms with Crippen LogP contribution in [0.4, 0.5) is 5.69 Å². The molecule has 1 atom stereocenters. The summed E-state index contributed by atoms with van der Waals surface area (Å²) in [5.41, 5.74) is 1.73. The van der Waals surface area contributed by atoms with Gasteiger partial charge in [-0.05, 0) is 68.1 Å². The van der Waals surface area contributed by atoms with Gasteiger partial charge in [0.05, 0.1) is 17.7 Å². The molecule has 1 aromatic heterocycles. The Bertz CT molecular complexity index is 1000. The highest BCUT2D eigenvalue weighted by atomic mass is 32.2. The number of carbonyl (C=O) groups excluding carboxylic acids is 1. The van der Waals surface area contributed by atoms with Gasteiger partial charge in [0.15, 0.2) is 0 Å². The third kappa shape index (κ3) is 4.82. The summed E-state index contributed by atoms with van der Waals surface area (Å²) in [6.45, 7) is 2.87. The van der Waals surface area contributed by atoms with Crippen LogP contribution in [0.3, 0.4) is 0 Å². The third-order valence-electron chi connectivity index (χ3n) is 5.93. The molecule has 4 rings (SSSR count). The van der Waals surface area contributed by atoms with Gasteiger partial charge in [-0.3, -0.25) is 14.5 Å². The van der Waals surface area contributed by atoms with Crippen LogP contribution in [0.2, 0.25) is 0 Å². The minimum absolute atomic E-state index is 0.00736. The lowest BCUT2D eigenvalue weighted by Gasteiger charge is -2.27. The second-order valence-corrected chi connectivity index (χ2v) is 10.1. The Hall–Kier alpha value is -2.45. The molecule has 2 aliphatic rings. The van der Waals surface area contributed by atoms with E-state index in [0.29, 0.717) is 5.69 Å². The predicted octanol–water partition coefficient (Wildman–Crippen LogP) is 2.44. The number of sulfonamides is 1. The number of benzene rings is 1. The van der Waals surface area contributed by atoms with Crippen molar-refractivity contribution in [3.05, 3.63) is 59.9 Å². The summed E-state index contributed by atoms with van der Waals surface area (Å²) in [4.78, 5) is 20.0. The second-order valence-electron chi connectivity index (χ2n) is 8.36. The van der Waals surface area contributed by atoms with E-state index in [2.05, 4.69) is 19.9 Å². The van der Waals surface area contributed by atoms with Crippen LogP contribution in [0.1, 0.15) is 42.9 Å². The number of hydrogen-bond donors (Lipinski definition) is 2. The van der Waals surface area contributed by atoms with E-state index >= 15 is 0 Å². The molecule has 2 heterocycles. The van der Waals surface area contributed by atoms with Gasteiger partial charge in [-0.25, -0.2) is 8.42 Å². The Morgan fingerprint density at radius 1 is 1.20 bits per heavy atom. The molecule has 7 nitrogen and oxygen atoms in total. The number of amides is 1. The van der Waals surface area contributed by atoms with Crippen molar-refractivity contribution >= 4 is 21.6 Å². The van der Waals surface area contributed by atoms with E-state index in [-0.39, 0.29) is 11.9 Å². The largest absolute Gasteiger partial charge is 0.347 e. The van der Waals surface area contributed by atoms with Crippen LogP contribution in [0.5, 0.6) is 0 Å². The Morgan fingerprint density at radius 3 is 2.60 bits per heavy atom. The zero-order chi connectivity index (χ0) is 21.2. The lowest BCUT2D eigenvalue weighted by molar-refractivity contribution is -0.124. The average molecular weight is 429 g/mol. The first-order valence-corrected chi connectivity index (χ1v) is 12.3. The number of anilines is 1. The van der Waals surface area contributed by atoms with Crippen LogP contribution in [0.15, 0.2) is 48.8 Å². The van der Waals surface area contributed by atoms with Crippen LogP contribution in [-0.2, 0) is 20.2 Å². The van der Waals surface area contributed by atoms with Crippen LogP contribution < -0.4 is 10.0 Å². The number of pyridine rings is 1. The quantitative estimate of drug-likeness (QED) is 0.674. The highest BCUT2D eigenvalue weighted by Crippen LogP contribution is 2.49. The maximum atomic E-state index is 13.4. The van der Waals surface area contributed by atoms with Crippen molar-refractivity contribution in [1.82, 2.24) is 15.2 Å². The highest BCUT2D eigenvalue weighted by molar-refractivity contribution is 7.92. The summed E-state index contributed by atoms with van der Waals surface area (Å²) in [5.74, 6) is -0.00736. The fourth-order valence-corrected chi connectivity index (χ4v) is 4.76. The minimum Gasteiger partial charge on any atom is -0.347 e. The van der Waals surface area contributed by atoms with Crippen molar-refractivity contribution in [3.8, 4) is 0 Å². The Balaban J connectivity index is 1.54. The summed E-state index contributed by atoms with van der Waals surface area (Å²) >= 11 is 0. The number of hydrogen-bond acceptors (Lipinski definition) is 5. The van der Waals surface area contributed by atoms with Gasteiger partial charge in [-0.2, -0.15) is 0 Å². The first-order valence-electron chi connectivity index (χ1n) is 10.4. The highest BCUT2D eigenvalue weighted by Gasteiger charge is 2.51. The molecule has 1 saturated carbocycles. The van der Waals surface area contributed by atoms with Gasteiger partial charge < -0.3 is 10.2 Å². The van der Waals surface area contributed by atoms with Gasteiger partial charge in [-0.1, -0.05) is 18.2 Å². The molecule has 1 saturated heterocycles. The molecule has 30 heavy (non-hydrogen) atoms. The fourth-order valence-electron chi connectivity index (χ4n) is 4.20. The summed E-state index contributed by atoms with van der Waals surface area (Å²) < 4.78 is 25.7. The number of nitrogens with one attached hydrogen (secondary N) is 2. The van der Waals surface area contributed by atoms with Crippen molar-refractivity contribution in [2.45, 2.75) is 37.1 Å². The molecular weight excluding hydrogens is 400 g/mol. The molecule has 2 fully saturated rings. The van der Waals surface area contributed by atoms with Crippen molar-refractivity contribution < 1.29 is 13.2 Å². The van der Waals surface area contributed by atoms with Crippen molar-refractivity contribution in [2.24, 2.45) is 0 Å². The summed E-state index contributed by atoms with van der Waals surface area (Å²) in [7, 11) is -3.37. The van der Waals surface area contributed by atoms with E-state index in [1.165, 1.54) is 12.8 Å². The van der Waals surface area contributed by atoms with E-state index in [0.717, 1.165) is 49.9 Å². The summed E-state index contributed by atoms with van der Waals surface area (Å²) in [6, 6.07) is 10.9. The minimum atomic E-state index is -3.37. The third-order valence-corrected chi connectivity index (χ3v) is 6.54. The van der Waals surface area contributed by atoms with Crippen molar-refractivity contribution in [3.63, 3.8) is 0 Å². The molecule has 1 aliphatic heterocycles. The number of nitrogens with zero attached hydrogens (tertiary/aromatic N) is 2. The summed E-state index contributed by atoms with van der Waals surface area (Å²) in [5, 5.41) is 3.27. The van der Waals surface area contributed by atoms with E-state index in [1.807, 2.05) is 24.4 Å². The Kier molecular flexibility index (Phi) is 5.79. The van der Waals surface area contributed by atoms with Gasteiger partial charge in [-0.15, -0.1) is 0 Å². The van der Waals surface area contributed by atoms with E-state index < -0.39 is 15.4 Å². The monoisotopic (exact) mass is 428 g/mol. The Labute approximate surface area is 177 Å². The number of aromatic nitrogens is 1. The van der Waals surface area contributed by atoms with Crippen molar-refractivity contribution in [1.29, 1.82) is 0 Å². The molecule has 0 spiro atoms. The lowest BCUT2D eigenvalue weighted by atomic mass is 9.93. The second kappa shape index (κ2) is 8.35. The number of likely N-dealkylation sites (tertiary alicyclic amines) is 1. The number of rotatable bonds is 8. The lowest BCUT2D eigenvalue weighted by Crippen LogP contribution is -2.42. The van der Waals surface area contributed by atoms with Gasteiger partial charge in [0.1, 0.15) is 0 Å². The first-order chi connectivity index (χ1) is 14.4. The van der Waals surface area contributed by atoms with Crippen LogP contribution in [0, 0.1) is 0 Å². The van der Waals surface area contributed by atoms with Crippen molar-refractivity contribution in [2.75, 3.05) is 30.6 Å². The zero-order valence-corrected chi connectivity index (χ0v) is 18.0. The van der Waals surface area contributed by atoms with Gasteiger partial charge in [0.2, 0.25) is 15.9 Å². The standard InChI is InChI=1S/C22H28N4O3S/c1-30(28,29)25-19-8-4-7-18(14-19)22(9-10-22)21(27)24-20(16-26-12-2-3-13-26)17-6-5-11-23-15-17/h4-8,11,14-15,20,25H,2-3,9-10,12-13,16H2,1H3,(H,24,27). The van der Waals surface area contributed by atoms with E-state index in [1.54, 1.807) is 24.4 Å². The molecule has 1 amide bonds. The van der Waals surface area contributed by atoms with E-state index in [4.69, 9.17) is 0 Å². The van der Waals surface area contributed by atoms with Gasteiger partial charge >= 0.3 is 0 Å². The van der Waals surface area contributed by atoms with Gasteiger partial charge in [0, 0.05) is 24.6 Å². The smallest absolute Gasteiger partial charge is 0.231 e. The van der Waals surface area contributed by atoms with Crippen LogP contribution >= 0.6 is 0 Å². The molecule has 1 aromatic carbocycles.